The molecule has 0 aliphatic carbocycles. The van der Waals surface area contributed by atoms with Gasteiger partial charge >= 0.3 is 0 Å². The van der Waals surface area contributed by atoms with Crippen LogP contribution in [0.5, 0.6) is 0 Å². The van der Waals surface area contributed by atoms with Crippen molar-refractivity contribution in [2.45, 2.75) is 38.3 Å². The molecule has 0 spiro atoms. The Balaban J connectivity index is 0.00000225. The number of hydrogen-bond donors (Lipinski definition) is 2. The van der Waals surface area contributed by atoms with Gasteiger partial charge in [-0.15, -0.1) is 12.4 Å². The van der Waals surface area contributed by atoms with Gasteiger partial charge in [0.05, 0.1) is 0 Å². The number of para-hydroxylation sites is 1. The molecule has 28 heavy (non-hydrogen) atoms. The Hall–Kier alpha value is -2.30. The third-order valence-corrected chi connectivity index (χ3v) is 5.39. The van der Waals surface area contributed by atoms with Crippen molar-refractivity contribution in [3.63, 3.8) is 0 Å². The van der Waals surface area contributed by atoms with Gasteiger partial charge in [-0.3, -0.25) is 4.79 Å². The monoisotopic (exact) mass is 397 g/mol. The van der Waals surface area contributed by atoms with Crippen molar-refractivity contribution in [2.24, 2.45) is 0 Å². The van der Waals surface area contributed by atoms with Gasteiger partial charge in [-0.2, -0.15) is 0 Å². The Morgan fingerprint density at radius 1 is 1.04 bits per heavy atom. The number of aromatic nitrogens is 1. The minimum Gasteiger partial charge on any atom is -0.353 e. The van der Waals surface area contributed by atoms with Crippen molar-refractivity contribution < 1.29 is 4.79 Å². The normalized spacial score (nSPS) is 14.6. The average molecular weight is 398 g/mol. The second-order valence-electron chi connectivity index (χ2n) is 7.38. The lowest BCUT2D eigenvalue weighted by molar-refractivity contribution is -0.121. The van der Waals surface area contributed by atoms with E-state index in [1.54, 1.807) is 0 Å². The summed E-state index contributed by atoms with van der Waals surface area (Å²) < 4.78 is 2.30. The maximum absolute atomic E-state index is 12.4. The number of amides is 1. The van der Waals surface area contributed by atoms with Gasteiger partial charge < -0.3 is 15.2 Å². The van der Waals surface area contributed by atoms with Gasteiger partial charge in [0.25, 0.3) is 0 Å². The van der Waals surface area contributed by atoms with Crippen molar-refractivity contribution in [2.75, 3.05) is 13.1 Å². The summed E-state index contributed by atoms with van der Waals surface area (Å²) in [6.45, 7) is 2.85. The van der Waals surface area contributed by atoms with Crippen LogP contribution in [-0.2, 0) is 17.8 Å². The summed E-state index contributed by atoms with van der Waals surface area (Å²) in [5.74, 6) is 0.168. The highest BCUT2D eigenvalue weighted by molar-refractivity contribution is 5.85. The molecular formula is C23H28ClN3O. The van der Waals surface area contributed by atoms with Crippen LogP contribution in [0, 0.1) is 0 Å². The SMILES string of the molecule is Cl.O=C(CCc1cn(Cc2ccccc2)c2ccccc12)NC1CCNCC1. The van der Waals surface area contributed by atoms with Gasteiger partial charge in [0, 0.05) is 36.1 Å². The van der Waals surface area contributed by atoms with Crippen LogP contribution in [-0.4, -0.2) is 29.6 Å². The fraction of sp³-hybridized carbons (Fsp3) is 0.348. The Morgan fingerprint density at radius 3 is 2.54 bits per heavy atom. The zero-order valence-electron chi connectivity index (χ0n) is 16.1. The second-order valence-corrected chi connectivity index (χ2v) is 7.38. The van der Waals surface area contributed by atoms with Gasteiger partial charge in [0.2, 0.25) is 5.91 Å². The Labute approximate surface area is 172 Å². The summed E-state index contributed by atoms with van der Waals surface area (Å²) in [7, 11) is 0. The zero-order valence-corrected chi connectivity index (χ0v) is 16.9. The molecule has 0 saturated carbocycles. The van der Waals surface area contributed by atoms with Gasteiger partial charge in [-0.1, -0.05) is 48.5 Å². The van der Waals surface area contributed by atoms with E-state index in [4.69, 9.17) is 0 Å². The minimum absolute atomic E-state index is 0. The molecule has 5 heteroatoms. The molecule has 4 rings (SSSR count). The molecule has 0 bridgehead atoms. The molecule has 2 heterocycles. The first-order valence-electron chi connectivity index (χ1n) is 9.90. The molecule has 0 radical (unpaired) electrons. The van der Waals surface area contributed by atoms with Gasteiger partial charge in [-0.05, 0) is 49.5 Å². The summed E-state index contributed by atoms with van der Waals surface area (Å²) in [6.07, 6.45) is 5.60. The topological polar surface area (TPSA) is 46.1 Å². The van der Waals surface area contributed by atoms with Gasteiger partial charge in [-0.25, -0.2) is 0 Å². The molecule has 2 aromatic carbocycles. The van der Waals surface area contributed by atoms with E-state index in [2.05, 4.69) is 69.9 Å². The van der Waals surface area contributed by atoms with Crippen LogP contribution in [0.15, 0.2) is 60.8 Å². The smallest absolute Gasteiger partial charge is 0.220 e. The molecule has 0 unspecified atom stereocenters. The van der Waals surface area contributed by atoms with Crippen molar-refractivity contribution in [3.05, 3.63) is 71.9 Å². The van der Waals surface area contributed by atoms with Crippen LogP contribution in [0.4, 0.5) is 0 Å². The number of nitrogens with zero attached hydrogens (tertiary/aromatic N) is 1. The Morgan fingerprint density at radius 2 is 1.75 bits per heavy atom. The zero-order chi connectivity index (χ0) is 18.5. The van der Waals surface area contributed by atoms with Crippen molar-refractivity contribution in [3.8, 4) is 0 Å². The molecule has 4 nitrogen and oxygen atoms in total. The molecule has 0 atom stereocenters. The number of hydrogen-bond acceptors (Lipinski definition) is 2. The van der Waals surface area contributed by atoms with E-state index in [0.717, 1.165) is 38.9 Å². The van der Waals surface area contributed by atoms with Crippen LogP contribution < -0.4 is 10.6 Å². The molecule has 1 fully saturated rings. The number of nitrogens with one attached hydrogen (secondary N) is 2. The number of carbonyl (C=O) groups excluding carboxylic acids is 1. The number of piperidine rings is 1. The van der Waals surface area contributed by atoms with E-state index < -0.39 is 0 Å². The number of benzene rings is 2. The maximum Gasteiger partial charge on any atom is 0.220 e. The van der Waals surface area contributed by atoms with E-state index in [-0.39, 0.29) is 18.3 Å². The van der Waals surface area contributed by atoms with Gasteiger partial charge in [0.15, 0.2) is 0 Å². The van der Waals surface area contributed by atoms with E-state index >= 15 is 0 Å². The van der Waals surface area contributed by atoms with Crippen molar-refractivity contribution >= 4 is 29.2 Å². The highest BCUT2D eigenvalue weighted by Gasteiger charge is 2.16. The minimum atomic E-state index is 0. The third-order valence-electron chi connectivity index (χ3n) is 5.39. The van der Waals surface area contributed by atoms with E-state index in [1.807, 2.05) is 6.07 Å². The van der Waals surface area contributed by atoms with Crippen LogP contribution in [0.3, 0.4) is 0 Å². The molecule has 1 aliphatic rings. The third kappa shape index (κ3) is 4.94. The first-order chi connectivity index (χ1) is 13.3. The first-order valence-corrected chi connectivity index (χ1v) is 9.90. The highest BCUT2D eigenvalue weighted by Crippen LogP contribution is 2.23. The standard InChI is InChI=1S/C23H27N3O.ClH/c27-23(25-20-12-14-24-15-13-20)11-10-19-17-26(16-18-6-2-1-3-7-18)22-9-5-4-8-21(19)22;/h1-9,17,20,24H,10-16H2,(H,25,27);1H. The first kappa shape index (κ1) is 20.4. The lowest BCUT2D eigenvalue weighted by Gasteiger charge is -2.23. The largest absolute Gasteiger partial charge is 0.353 e. The lowest BCUT2D eigenvalue weighted by Crippen LogP contribution is -2.42. The number of fused-ring (bicyclic) bond motifs is 1. The van der Waals surface area contributed by atoms with Gasteiger partial charge in [0.1, 0.15) is 0 Å². The summed E-state index contributed by atoms with van der Waals surface area (Å²) in [4.78, 5) is 12.4. The highest BCUT2D eigenvalue weighted by atomic mass is 35.5. The molecule has 1 aliphatic heterocycles. The Bertz CT molecular complexity index is 901. The van der Waals surface area contributed by atoms with Crippen molar-refractivity contribution in [1.82, 2.24) is 15.2 Å². The number of aryl methyl sites for hydroxylation is 1. The van der Waals surface area contributed by atoms with Crippen LogP contribution in [0.1, 0.15) is 30.4 Å². The molecule has 148 valence electrons. The fourth-order valence-corrected chi connectivity index (χ4v) is 3.95. The summed E-state index contributed by atoms with van der Waals surface area (Å²) in [6, 6.07) is 19.3. The molecule has 1 amide bonds. The van der Waals surface area contributed by atoms with Crippen LogP contribution in [0.25, 0.3) is 10.9 Å². The van der Waals surface area contributed by atoms with E-state index in [1.165, 1.54) is 22.0 Å². The number of carbonyl (C=O) groups is 1. The predicted octanol–water partition coefficient (Wildman–Crippen LogP) is 3.91. The fourth-order valence-electron chi connectivity index (χ4n) is 3.95. The molecular weight excluding hydrogens is 370 g/mol. The molecule has 3 aromatic rings. The second kappa shape index (κ2) is 9.76. The van der Waals surface area contributed by atoms with Crippen LogP contribution in [0.2, 0.25) is 0 Å². The molecule has 1 saturated heterocycles. The summed E-state index contributed by atoms with van der Waals surface area (Å²) >= 11 is 0. The lowest BCUT2D eigenvalue weighted by atomic mass is 10.1. The molecule has 1 aromatic heterocycles. The number of halogens is 1. The quantitative estimate of drug-likeness (QED) is 0.662. The van der Waals surface area contributed by atoms with Crippen LogP contribution >= 0.6 is 12.4 Å². The van der Waals surface area contributed by atoms with E-state index in [9.17, 15) is 4.79 Å². The predicted molar refractivity (Wildman–Crippen MR) is 117 cm³/mol. The average Bonchev–Trinajstić information content (AvgIpc) is 3.06. The van der Waals surface area contributed by atoms with Crippen molar-refractivity contribution in [1.29, 1.82) is 0 Å². The molecule has 2 N–H and O–H groups in total. The summed E-state index contributed by atoms with van der Waals surface area (Å²) in [5, 5.41) is 7.79. The Kier molecular flexibility index (Phi) is 7.12. The maximum atomic E-state index is 12.4. The summed E-state index contributed by atoms with van der Waals surface area (Å²) in [5.41, 5.74) is 3.77. The number of rotatable bonds is 6. The van der Waals surface area contributed by atoms with E-state index in [0.29, 0.717) is 12.5 Å².